The van der Waals surface area contributed by atoms with Gasteiger partial charge in [0.25, 0.3) is 12.1 Å². The number of carbonyl (C=O) groups excluding carboxylic acids is 1. The maximum absolute atomic E-state index is 12.6. The van der Waals surface area contributed by atoms with Gasteiger partial charge in [-0.1, -0.05) is 0 Å². The van der Waals surface area contributed by atoms with Crippen molar-refractivity contribution in [2.24, 2.45) is 11.5 Å². The van der Waals surface area contributed by atoms with Crippen molar-refractivity contribution in [2.45, 2.75) is 49.1 Å². The summed E-state index contributed by atoms with van der Waals surface area (Å²) in [5, 5.41) is 34.6. The molecule has 0 aromatic carbocycles. The van der Waals surface area contributed by atoms with Crippen LogP contribution >= 0.6 is 23.5 Å². The van der Waals surface area contributed by atoms with Crippen LogP contribution in [0.15, 0.2) is 37.2 Å². The number of phosphoric ester groups is 3. The van der Waals surface area contributed by atoms with E-state index in [0.29, 0.717) is 6.54 Å². The second kappa shape index (κ2) is 15.6. The Morgan fingerprint density at radius 1 is 0.980 bits per heavy atom. The third-order valence-corrected chi connectivity index (χ3v) is 10.5. The van der Waals surface area contributed by atoms with Gasteiger partial charge in [0.1, 0.15) is 42.4 Å². The van der Waals surface area contributed by atoms with Crippen LogP contribution in [-0.4, -0.2) is 123 Å². The third-order valence-electron chi connectivity index (χ3n) is 7.39. The molecule has 2 aliphatic heterocycles. The summed E-state index contributed by atoms with van der Waals surface area (Å²) in [6, 6.07) is 2.79. The summed E-state index contributed by atoms with van der Waals surface area (Å²) < 4.78 is 69.0. The molecular formula is C23H34N8O17P3+. The molecule has 5 heterocycles. The SMILES string of the molecule is NCCNc1ncnc2c1ncn2[C@@H]1O[C@H](COP(=O)(O)OP(=O)(O)OC[C@H]2O[C@@H]([n+]3cccc(C(N)=O)c3)[C@H](O)[C@@H]2O)[C@@H](O)[C@H]1OP(=O)(O)O. The number of hydrogen-bond acceptors (Lipinski definition) is 18. The van der Waals surface area contributed by atoms with Gasteiger partial charge in [-0.05, 0) is 6.07 Å². The molecule has 25 nitrogen and oxygen atoms in total. The lowest BCUT2D eigenvalue weighted by molar-refractivity contribution is -0.765. The zero-order valence-electron chi connectivity index (χ0n) is 25.9. The first-order valence-electron chi connectivity index (χ1n) is 14.6. The fourth-order valence-corrected chi connectivity index (χ4v) is 7.77. The maximum atomic E-state index is 12.6. The van der Waals surface area contributed by atoms with E-state index >= 15 is 0 Å². The Balaban J connectivity index is 1.22. The Labute approximate surface area is 286 Å². The van der Waals surface area contributed by atoms with E-state index in [0.717, 1.165) is 17.2 Å². The molecule has 28 heteroatoms. The normalized spacial score (nSPS) is 29.2. The summed E-state index contributed by atoms with van der Waals surface area (Å²) in [5.74, 6) is -0.537. The minimum atomic E-state index is -5.54. The Bertz CT molecular complexity index is 1870. The molecule has 0 bridgehead atoms. The van der Waals surface area contributed by atoms with Crippen LogP contribution in [0.3, 0.4) is 0 Å². The molecule has 1 amide bonds. The number of nitrogens with zero attached hydrogens (tertiary/aromatic N) is 5. The van der Waals surface area contributed by atoms with Gasteiger partial charge in [0.05, 0.1) is 19.5 Å². The lowest BCUT2D eigenvalue weighted by atomic mass is 10.1. The summed E-state index contributed by atoms with van der Waals surface area (Å²) in [6.45, 7) is -1.47. The lowest BCUT2D eigenvalue weighted by Gasteiger charge is -2.22. The summed E-state index contributed by atoms with van der Waals surface area (Å²) in [6.07, 6.45) is -8.25. The van der Waals surface area contributed by atoms with E-state index in [-0.39, 0.29) is 29.1 Å². The molecule has 0 spiro atoms. The number of ether oxygens (including phenoxy) is 2. The molecule has 282 valence electrons. The highest BCUT2D eigenvalue weighted by atomic mass is 31.3. The van der Waals surface area contributed by atoms with Gasteiger partial charge in [-0.2, -0.15) is 8.88 Å². The van der Waals surface area contributed by atoms with Crippen molar-refractivity contribution in [3.8, 4) is 0 Å². The molecule has 0 saturated carbocycles. The van der Waals surface area contributed by atoms with Gasteiger partial charge in [0, 0.05) is 19.2 Å². The number of anilines is 1. The third kappa shape index (κ3) is 9.37. The van der Waals surface area contributed by atoms with E-state index in [2.05, 4.69) is 24.6 Å². The molecule has 2 aliphatic rings. The second-order valence-electron chi connectivity index (χ2n) is 10.9. The smallest absolute Gasteiger partial charge is 0.387 e. The molecule has 10 atom stereocenters. The highest BCUT2D eigenvalue weighted by Gasteiger charge is 2.51. The van der Waals surface area contributed by atoms with E-state index in [9.17, 15) is 53.4 Å². The fraction of sp³-hybridized carbons (Fsp3) is 0.522. The number of primary amides is 1. The van der Waals surface area contributed by atoms with Gasteiger partial charge in [-0.15, -0.1) is 0 Å². The van der Waals surface area contributed by atoms with Crippen molar-refractivity contribution in [1.82, 2.24) is 19.5 Å². The highest BCUT2D eigenvalue weighted by Crippen LogP contribution is 2.61. The average molecular weight is 787 g/mol. The number of aromatic nitrogens is 5. The number of phosphoric acid groups is 3. The largest absolute Gasteiger partial charge is 0.481 e. The minimum Gasteiger partial charge on any atom is -0.387 e. The van der Waals surface area contributed by atoms with Crippen molar-refractivity contribution in [1.29, 1.82) is 0 Å². The van der Waals surface area contributed by atoms with Crippen LogP contribution < -0.4 is 21.4 Å². The number of hydrogen-bond donors (Lipinski definition) is 10. The quantitative estimate of drug-likeness (QED) is 0.0507. The van der Waals surface area contributed by atoms with Crippen molar-refractivity contribution in [2.75, 3.05) is 31.6 Å². The van der Waals surface area contributed by atoms with Crippen LogP contribution in [0.2, 0.25) is 0 Å². The molecule has 2 unspecified atom stereocenters. The van der Waals surface area contributed by atoms with Gasteiger partial charge >= 0.3 is 23.5 Å². The van der Waals surface area contributed by atoms with Crippen LogP contribution in [0.5, 0.6) is 0 Å². The van der Waals surface area contributed by atoms with Crippen molar-refractivity contribution in [3.63, 3.8) is 0 Å². The number of amides is 1. The van der Waals surface area contributed by atoms with Gasteiger partial charge < -0.3 is 61.2 Å². The molecule has 3 aromatic heterocycles. The Kier molecular flexibility index (Phi) is 12.0. The van der Waals surface area contributed by atoms with Crippen molar-refractivity contribution < 1.29 is 85.3 Å². The van der Waals surface area contributed by atoms with Gasteiger partial charge in [0.15, 0.2) is 41.7 Å². The predicted molar refractivity (Wildman–Crippen MR) is 163 cm³/mol. The number of fused-ring (bicyclic) bond motifs is 1. The Morgan fingerprint density at radius 3 is 2.27 bits per heavy atom. The lowest BCUT2D eigenvalue weighted by Crippen LogP contribution is -2.46. The number of imidazole rings is 1. The zero-order chi connectivity index (χ0) is 37.3. The standard InChI is InChI=1S/C23H33N8O17P3/c24-3-4-26-20-14-21(28-9-27-20)31(10-29-14)23-18(47-49(36,37)38)16(33)13(46-23)8-44-51(41,42)48-50(39,40)43-7-12-15(32)17(34)22(45-12)30-5-1-2-11(6-30)19(25)35/h1-2,5-6,9-10,12-13,15-18,22-23,32-34H,3-4,7-8,24H2,(H6-,25,26,27,28,35,36,37,38,39,40,41,42)/p+1/t12-,13-,15-,16-,17-,18-,22-,23-/m1/s1. The monoisotopic (exact) mass is 787 g/mol. The second-order valence-corrected chi connectivity index (χ2v) is 15.2. The van der Waals surface area contributed by atoms with Crippen LogP contribution in [0.4, 0.5) is 5.82 Å². The summed E-state index contributed by atoms with van der Waals surface area (Å²) >= 11 is 0. The van der Waals surface area contributed by atoms with Crippen molar-refractivity contribution in [3.05, 3.63) is 42.7 Å². The van der Waals surface area contributed by atoms with E-state index < -0.39 is 91.7 Å². The van der Waals surface area contributed by atoms with Gasteiger partial charge in [-0.3, -0.25) is 22.9 Å². The van der Waals surface area contributed by atoms with Crippen LogP contribution in [0.1, 0.15) is 22.8 Å². The summed E-state index contributed by atoms with van der Waals surface area (Å²) in [5.41, 5.74) is 11.0. The molecule has 2 saturated heterocycles. The number of aliphatic hydroxyl groups is 3. The Morgan fingerprint density at radius 2 is 1.65 bits per heavy atom. The van der Waals surface area contributed by atoms with E-state index in [4.69, 9.17) is 34.5 Å². The van der Waals surface area contributed by atoms with E-state index in [1.165, 1.54) is 29.1 Å². The van der Waals surface area contributed by atoms with E-state index in [1.807, 2.05) is 0 Å². The molecule has 2 fully saturated rings. The molecule has 0 aliphatic carbocycles. The number of nitrogens with two attached hydrogens (primary N) is 2. The van der Waals surface area contributed by atoms with E-state index in [1.54, 1.807) is 0 Å². The number of pyridine rings is 1. The number of carbonyl (C=O) groups is 1. The first-order chi connectivity index (χ1) is 23.9. The van der Waals surface area contributed by atoms with Gasteiger partial charge in [-0.25, -0.2) is 28.6 Å². The molecule has 3 aromatic rings. The number of rotatable bonds is 16. The maximum Gasteiger partial charge on any atom is 0.481 e. The summed E-state index contributed by atoms with van der Waals surface area (Å²) in [4.78, 5) is 63.1. The van der Waals surface area contributed by atoms with Crippen molar-refractivity contribution >= 4 is 46.4 Å². The van der Waals surface area contributed by atoms with Crippen LogP contribution in [0.25, 0.3) is 11.2 Å². The molecule has 51 heavy (non-hydrogen) atoms. The fourth-order valence-electron chi connectivity index (χ4n) is 5.13. The average Bonchev–Trinajstić information content (AvgIpc) is 3.70. The predicted octanol–water partition coefficient (Wildman–Crippen LogP) is -3.11. The minimum absolute atomic E-state index is 0.0420. The number of aliphatic hydroxyl groups excluding tert-OH is 3. The molecule has 0 radical (unpaired) electrons. The highest BCUT2D eigenvalue weighted by molar-refractivity contribution is 7.61. The first-order valence-corrected chi connectivity index (χ1v) is 19.1. The molecule has 12 N–H and O–H groups in total. The van der Waals surface area contributed by atoms with Gasteiger partial charge in [0.2, 0.25) is 0 Å². The first kappa shape index (κ1) is 39.3. The zero-order valence-corrected chi connectivity index (χ0v) is 28.5. The topological polar surface area (TPSA) is 377 Å². The van der Waals surface area contributed by atoms with Crippen LogP contribution in [0, 0.1) is 0 Å². The number of nitrogens with one attached hydrogen (secondary N) is 1. The molecular weight excluding hydrogens is 753 g/mol. The molecule has 5 rings (SSSR count). The van der Waals surface area contributed by atoms with Crippen LogP contribution in [-0.2, 0) is 41.1 Å². The summed E-state index contributed by atoms with van der Waals surface area (Å²) in [7, 11) is -16.3. The Hall–Kier alpha value is -2.90.